The monoisotopic (exact) mass is 217 g/mol. The number of nitrogens with zero attached hydrogens (tertiary/aromatic N) is 3. The molecule has 0 unspecified atom stereocenters. The summed E-state index contributed by atoms with van der Waals surface area (Å²) in [6.07, 6.45) is 3.73. The molecule has 0 aliphatic carbocycles. The first kappa shape index (κ1) is 10.8. The molecule has 2 heterocycles. The fraction of sp³-hybridized carbons (Fsp3) is 0.417. The third-order valence-corrected chi connectivity index (χ3v) is 2.67. The molecule has 0 amide bonds. The van der Waals surface area contributed by atoms with E-state index in [2.05, 4.69) is 37.0 Å². The standard InChI is InChI=1S/C12H15N3O/c1-12(2,3)9-4-5-11-13-6-10(7-14-16)15(11)8-9/h4-6,8H,7H2,1-3H3. The Morgan fingerprint density at radius 2 is 2.12 bits per heavy atom. The normalized spacial score (nSPS) is 11.9. The van der Waals surface area contributed by atoms with E-state index in [1.165, 1.54) is 5.56 Å². The minimum absolute atomic E-state index is 0.0876. The molecule has 2 rings (SSSR count). The molecule has 0 aromatic carbocycles. The van der Waals surface area contributed by atoms with E-state index in [0.717, 1.165) is 11.3 Å². The molecular formula is C12H15N3O. The predicted molar refractivity (Wildman–Crippen MR) is 63.4 cm³/mol. The van der Waals surface area contributed by atoms with Crippen LogP contribution in [-0.2, 0) is 12.0 Å². The molecule has 16 heavy (non-hydrogen) atoms. The average molecular weight is 217 g/mol. The highest BCUT2D eigenvalue weighted by atomic mass is 16.3. The summed E-state index contributed by atoms with van der Waals surface area (Å²) in [4.78, 5) is 14.5. The van der Waals surface area contributed by atoms with Crippen molar-refractivity contribution in [2.75, 3.05) is 0 Å². The van der Waals surface area contributed by atoms with Gasteiger partial charge in [-0.2, -0.15) is 4.91 Å². The van der Waals surface area contributed by atoms with Gasteiger partial charge < -0.3 is 4.40 Å². The molecule has 84 valence electrons. The van der Waals surface area contributed by atoms with E-state index in [1.54, 1.807) is 6.20 Å². The van der Waals surface area contributed by atoms with Gasteiger partial charge in [0.15, 0.2) is 0 Å². The minimum atomic E-state index is 0.0876. The van der Waals surface area contributed by atoms with Crippen molar-refractivity contribution in [1.29, 1.82) is 0 Å². The van der Waals surface area contributed by atoms with Crippen molar-refractivity contribution in [2.24, 2.45) is 5.18 Å². The van der Waals surface area contributed by atoms with Crippen LogP contribution < -0.4 is 0 Å². The van der Waals surface area contributed by atoms with Crippen LogP contribution in [0.2, 0.25) is 0 Å². The van der Waals surface area contributed by atoms with Gasteiger partial charge in [-0.1, -0.05) is 32.0 Å². The highest BCUT2D eigenvalue weighted by Crippen LogP contribution is 2.23. The second kappa shape index (κ2) is 3.70. The maximum atomic E-state index is 10.3. The zero-order valence-corrected chi connectivity index (χ0v) is 9.77. The van der Waals surface area contributed by atoms with Crippen LogP contribution in [0.25, 0.3) is 5.65 Å². The quantitative estimate of drug-likeness (QED) is 0.726. The van der Waals surface area contributed by atoms with Crippen molar-refractivity contribution in [3.05, 3.63) is 40.7 Å². The molecule has 2 aromatic rings. The molecule has 4 heteroatoms. The molecule has 0 fully saturated rings. The molecular weight excluding hydrogens is 202 g/mol. The van der Waals surface area contributed by atoms with Crippen LogP contribution in [0, 0.1) is 4.91 Å². The summed E-state index contributed by atoms with van der Waals surface area (Å²) < 4.78 is 1.93. The van der Waals surface area contributed by atoms with Crippen molar-refractivity contribution < 1.29 is 0 Å². The van der Waals surface area contributed by atoms with Gasteiger partial charge in [0.25, 0.3) is 0 Å². The minimum Gasteiger partial charge on any atom is -0.302 e. The van der Waals surface area contributed by atoms with Gasteiger partial charge in [-0.3, -0.25) is 0 Å². The van der Waals surface area contributed by atoms with Gasteiger partial charge >= 0.3 is 0 Å². The summed E-state index contributed by atoms with van der Waals surface area (Å²) in [6, 6.07) is 4.04. The number of hydrogen-bond acceptors (Lipinski definition) is 3. The lowest BCUT2D eigenvalue weighted by atomic mass is 9.88. The second-order valence-corrected chi connectivity index (χ2v) is 4.93. The lowest BCUT2D eigenvalue weighted by molar-refractivity contribution is 0.586. The summed E-state index contributed by atoms with van der Waals surface area (Å²) in [5.74, 6) is 0. The first-order chi connectivity index (χ1) is 7.52. The summed E-state index contributed by atoms with van der Waals surface area (Å²) in [7, 11) is 0. The van der Waals surface area contributed by atoms with Crippen molar-refractivity contribution in [2.45, 2.75) is 32.7 Å². The van der Waals surface area contributed by atoms with Crippen LogP contribution in [0.15, 0.2) is 29.7 Å². The van der Waals surface area contributed by atoms with Crippen LogP contribution >= 0.6 is 0 Å². The molecule has 0 aliphatic rings. The number of imidazole rings is 1. The number of rotatable bonds is 2. The topological polar surface area (TPSA) is 46.7 Å². The van der Waals surface area contributed by atoms with E-state index in [0.29, 0.717) is 0 Å². The molecule has 0 bridgehead atoms. The number of aromatic nitrogens is 2. The summed E-state index contributed by atoms with van der Waals surface area (Å²) in [5.41, 5.74) is 2.98. The fourth-order valence-corrected chi connectivity index (χ4v) is 1.66. The van der Waals surface area contributed by atoms with Crippen molar-refractivity contribution in [3.8, 4) is 0 Å². The van der Waals surface area contributed by atoms with Crippen LogP contribution in [0.3, 0.4) is 0 Å². The van der Waals surface area contributed by atoms with Gasteiger partial charge in [0, 0.05) is 6.20 Å². The van der Waals surface area contributed by atoms with E-state index in [9.17, 15) is 4.91 Å². The molecule has 0 saturated heterocycles. The molecule has 0 spiro atoms. The third-order valence-electron chi connectivity index (χ3n) is 2.67. The molecule has 0 radical (unpaired) electrons. The van der Waals surface area contributed by atoms with Crippen molar-refractivity contribution in [1.82, 2.24) is 9.38 Å². The van der Waals surface area contributed by atoms with E-state index in [1.807, 2.05) is 16.7 Å². The molecule has 0 atom stereocenters. The van der Waals surface area contributed by atoms with Gasteiger partial charge in [0.2, 0.25) is 0 Å². The van der Waals surface area contributed by atoms with E-state index >= 15 is 0 Å². The largest absolute Gasteiger partial charge is 0.302 e. The molecule has 0 saturated carbocycles. The zero-order valence-electron chi connectivity index (χ0n) is 9.77. The van der Waals surface area contributed by atoms with Gasteiger partial charge in [-0.25, -0.2) is 4.98 Å². The van der Waals surface area contributed by atoms with Gasteiger partial charge in [0.05, 0.1) is 11.9 Å². The van der Waals surface area contributed by atoms with E-state index in [4.69, 9.17) is 0 Å². The maximum Gasteiger partial charge on any atom is 0.136 e. The lowest BCUT2D eigenvalue weighted by Gasteiger charge is -2.19. The average Bonchev–Trinajstić information content (AvgIpc) is 2.60. The lowest BCUT2D eigenvalue weighted by Crippen LogP contribution is -2.12. The van der Waals surface area contributed by atoms with Gasteiger partial charge in [-0.15, -0.1) is 0 Å². The molecule has 2 aromatic heterocycles. The van der Waals surface area contributed by atoms with E-state index < -0.39 is 0 Å². The molecule has 4 nitrogen and oxygen atoms in total. The SMILES string of the molecule is CC(C)(C)c1ccc2ncc(CN=O)n2c1. The Morgan fingerprint density at radius 3 is 2.75 bits per heavy atom. The Balaban J connectivity index is 2.58. The van der Waals surface area contributed by atoms with Crippen molar-refractivity contribution in [3.63, 3.8) is 0 Å². The van der Waals surface area contributed by atoms with Crippen LogP contribution in [0.5, 0.6) is 0 Å². The number of pyridine rings is 1. The summed E-state index contributed by atoms with van der Waals surface area (Å²) in [5, 5.41) is 2.91. The van der Waals surface area contributed by atoms with Crippen LogP contribution in [-0.4, -0.2) is 9.38 Å². The Kier molecular flexibility index (Phi) is 2.50. The molecule has 0 N–H and O–H groups in total. The number of hydrogen-bond donors (Lipinski definition) is 0. The Bertz CT molecular complexity index is 523. The van der Waals surface area contributed by atoms with Crippen LogP contribution in [0.4, 0.5) is 0 Å². The number of fused-ring (bicyclic) bond motifs is 1. The van der Waals surface area contributed by atoms with Crippen LogP contribution in [0.1, 0.15) is 32.0 Å². The van der Waals surface area contributed by atoms with Gasteiger partial charge in [-0.05, 0) is 17.0 Å². The highest BCUT2D eigenvalue weighted by molar-refractivity contribution is 5.43. The second-order valence-electron chi connectivity index (χ2n) is 4.93. The Hall–Kier alpha value is -1.71. The van der Waals surface area contributed by atoms with Crippen molar-refractivity contribution >= 4 is 5.65 Å². The number of nitroso groups, excluding NO2 is 1. The fourth-order valence-electron chi connectivity index (χ4n) is 1.66. The summed E-state index contributed by atoms with van der Waals surface area (Å²) in [6.45, 7) is 6.63. The zero-order chi connectivity index (χ0) is 11.8. The third kappa shape index (κ3) is 1.83. The Labute approximate surface area is 94.3 Å². The molecule has 0 aliphatic heterocycles. The predicted octanol–water partition coefficient (Wildman–Crippen LogP) is 2.90. The first-order valence-corrected chi connectivity index (χ1v) is 5.28. The maximum absolute atomic E-state index is 10.3. The van der Waals surface area contributed by atoms with E-state index in [-0.39, 0.29) is 12.0 Å². The smallest absolute Gasteiger partial charge is 0.136 e. The van der Waals surface area contributed by atoms with Gasteiger partial charge in [0.1, 0.15) is 12.2 Å². The Morgan fingerprint density at radius 1 is 1.38 bits per heavy atom. The first-order valence-electron chi connectivity index (χ1n) is 5.28. The highest BCUT2D eigenvalue weighted by Gasteiger charge is 2.15. The summed E-state index contributed by atoms with van der Waals surface area (Å²) >= 11 is 0.